The second-order valence-corrected chi connectivity index (χ2v) is 5.65. The third-order valence-corrected chi connectivity index (χ3v) is 4.04. The molecule has 0 aliphatic rings. The summed E-state index contributed by atoms with van der Waals surface area (Å²) in [4.78, 5) is 23.5. The van der Waals surface area contributed by atoms with Crippen LogP contribution in [-0.4, -0.2) is 23.0 Å². The first-order chi connectivity index (χ1) is 10.1. The molecule has 1 unspecified atom stereocenters. The first kappa shape index (κ1) is 15.3. The lowest BCUT2D eigenvalue weighted by Gasteiger charge is -2.17. The van der Waals surface area contributed by atoms with E-state index in [-0.39, 0.29) is 18.2 Å². The maximum absolute atomic E-state index is 12.2. The van der Waals surface area contributed by atoms with Gasteiger partial charge in [-0.05, 0) is 34.9 Å². The van der Waals surface area contributed by atoms with Gasteiger partial charge in [0.2, 0.25) is 5.91 Å². The number of carboxylic acids is 1. The van der Waals surface area contributed by atoms with Crippen LogP contribution in [0.5, 0.6) is 0 Å². The van der Waals surface area contributed by atoms with Crippen LogP contribution in [0.4, 0.5) is 0 Å². The van der Waals surface area contributed by atoms with E-state index in [4.69, 9.17) is 0 Å². The number of carbonyl (C=O) groups is 2. The fourth-order valence-corrected chi connectivity index (χ4v) is 2.77. The van der Waals surface area contributed by atoms with Crippen LogP contribution >= 0.6 is 11.3 Å². The Morgan fingerprint density at radius 2 is 1.95 bits per heavy atom. The minimum Gasteiger partial charge on any atom is -0.480 e. The molecular formula is C16H17NO3S. The summed E-state index contributed by atoms with van der Waals surface area (Å²) >= 11 is 1.52. The van der Waals surface area contributed by atoms with Crippen LogP contribution in [-0.2, 0) is 16.0 Å². The number of benzene rings is 1. The predicted molar refractivity (Wildman–Crippen MR) is 82.4 cm³/mol. The topological polar surface area (TPSA) is 66.4 Å². The number of carbonyl (C=O) groups excluding carboxylic acids is 1. The number of hydrogen-bond donors (Lipinski definition) is 2. The van der Waals surface area contributed by atoms with Crippen molar-refractivity contribution in [1.82, 2.24) is 5.32 Å². The number of hydrogen-bond acceptors (Lipinski definition) is 3. The predicted octanol–water partition coefficient (Wildman–Crippen LogP) is 2.66. The summed E-state index contributed by atoms with van der Waals surface area (Å²) in [7, 11) is 0. The Bertz CT molecular complexity index is 595. The first-order valence-electron chi connectivity index (χ1n) is 6.67. The van der Waals surface area contributed by atoms with Crippen molar-refractivity contribution in [3.63, 3.8) is 0 Å². The van der Waals surface area contributed by atoms with Gasteiger partial charge in [-0.3, -0.25) is 4.79 Å². The van der Waals surface area contributed by atoms with Crippen molar-refractivity contribution in [3.8, 4) is 0 Å². The standard InChI is InChI=1S/C16H17NO3S/c1-11(13-7-8-21-10-13)15(18)17-14(16(19)20)9-12-5-3-2-4-6-12/h2-8,10-11,14H,9H2,1H3,(H,17,18)(H,19,20)/t11?,14-/m1/s1. The molecule has 0 spiro atoms. The highest BCUT2D eigenvalue weighted by molar-refractivity contribution is 7.08. The van der Waals surface area contributed by atoms with Gasteiger partial charge >= 0.3 is 5.97 Å². The Morgan fingerprint density at radius 1 is 1.24 bits per heavy atom. The Kier molecular flexibility index (Phi) is 5.11. The number of aliphatic carboxylic acids is 1. The molecule has 110 valence electrons. The Balaban J connectivity index is 2.03. The number of thiophene rings is 1. The van der Waals surface area contributed by atoms with Crippen LogP contribution in [0.15, 0.2) is 47.2 Å². The molecule has 1 heterocycles. The summed E-state index contributed by atoms with van der Waals surface area (Å²) in [6.45, 7) is 1.78. The van der Waals surface area contributed by atoms with Gasteiger partial charge in [0, 0.05) is 6.42 Å². The molecule has 4 nitrogen and oxygen atoms in total. The molecular weight excluding hydrogens is 286 g/mol. The molecule has 0 radical (unpaired) electrons. The van der Waals surface area contributed by atoms with Crippen molar-refractivity contribution in [2.45, 2.75) is 25.3 Å². The van der Waals surface area contributed by atoms with Gasteiger partial charge in [-0.25, -0.2) is 4.79 Å². The Hall–Kier alpha value is -2.14. The van der Waals surface area contributed by atoms with Gasteiger partial charge in [0.25, 0.3) is 0 Å². The minimum atomic E-state index is -1.02. The van der Waals surface area contributed by atoms with Crippen molar-refractivity contribution in [2.24, 2.45) is 0 Å². The summed E-state index contributed by atoms with van der Waals surface area (Å²) < 4.78 is 0. The largest absolute Gasteiger partial charge is 0.480 e. The number of nitrogens with one attached hydrogen (secondary N) is 1. The third-order valence-electron chi connectivity index (χ3n) is 3.33. The molecule has 0 aliphatic heterocycles. The normalized spacial score (nSPS) is 13.4. The molecule has 2 atom stereocenters. The monoisotopic (exact) mass is 303 g/mol. The SMILES string of the molecule is CC(C(=O)N[C@H](Cc1ccccc1)C(=O)O)c1ccsc1. The highest BCUT2D eigenvalue weighted by Gasteiger charge is 2.24. The summed E-state index contributed by atoms with van der Waals surface area (Å²) in [5, 5.41) is 15.7. The van der Waals surface area contributed by atoms with Crippen molar-refractivity contribution >= 4 is 23.2 Å². The second-order valence-electron chi connectivity index (χ2n) is 4.87. The molecule has 2 N–H and O–H groups in total. The van der Waals surface area contributed by atoms with Crippen molar-refractivity contribution in [3.05, 3.63) is 58.3 Å². The second kappa shape index (κ2) is 7.04. The van der Waals surface area contributed by atoms with E-state index < -0.39 is 12.0 Å². The summed E-state index contributed by atoms with van der Waals surface area (Å²) in [6, 6.07) is 10.2. The molecule has 2 aromatic rings. The molecule has 0 saturated carbocycles. The lowest BCUT2D eigenvalue weighted by atomic mass is 10.0. The average molecular weight is 303 g/mol. The minimum absolute atomic E-state index is 0.267. The summed E-state index contributed by atoms with van der Waals surface area (Å²) in [6.07, 6.45) is 0.276. The summed E-state index contributed by atoms with van der Waals surface area (Å²) in [5.74, 6) is -1.64. The van der Waals surface area contributed by atoms with Crippen molar-refractivity contribution in [1.29, 1.82) is 0 Å². The maximum atomic E-state index is 12.2. The van der Waals surface area contributed by atoms with Crippen LogP contribution in [0.3, 0.4) is 0 Å². The van der Waals surface area contributed by atoms with Gasteiger partial charge in [0.1, 0.15) is 6.04 Å². The molecule has 0 aliphatic carbocycles. The van der Waals surface area contributed by atoms with E-state index in [1.54, 1.807) is 6.92 Å². The lowest BCUT2D eigenvalue weighted by Crippen LogP contribution is -2.43. The highest BCUT2D eigenvalue weighted by Crippen LogP contribution is 2.18. The van der Waals surface area contributed by atoms with Crippen LogP contribution < -0.4 is 5.32 Å². The van der Waals surface area contributed by atoms with Crippen molar-refractivity contribution in [2.75, 3.05) is 0 Å². The smallest absolute Gasteiger partial charge is 0.326 e. The van der Waals surface area contributed by atoms with Gasteiger partial charge in [0.05, 0.1) is 5.92 Å². The lowest BCUT2D eigenvalue weighted by molar-refractivity contribution is -0.141. The van der Waals surface area contributed by atoms with Gasteiger partial charge < -0.3 is 10.4 Å². The molecule has 21 heavy (non-hydrogen) atoms. The number of carboxylic acid groups (broad SMARTS) is 1. The zero-order valence-corrected chi connectivity index (χ0v) is 12.5. The van der Waals surface area contributed by atoms with Crippen LogP contribution in [0.1, 0.15) is 24.0 Å². The molecule has 1 amide bonds. The molecule has 2 rings (SSSR count). The molecule has 1 aromatic heterocycles. The first-order valence-corrected chi connectivity index (χ1v) is 7.61. The molecule has 0 saturated heterocycles. The highest BCUT2D eigenvalue weighted by atomic mass is 32.1. The average Bonchev–Trinajstić information content (AvgIpc) is 3.00. The van der Waals surface area contributed by atoms with Crippen LogP contribution in [0.2, 0.25) is 0 Å². The number of rotatable bonds is 6. The number of amides is 1. The van der Waals surface area contributed by atoms with E-state index in [0.717, 1.165) is 11.1 Å². The van der Waals surface area contributed by atoms with Crippen LogP contribution in [0, 0.1) is 0 Å². The fraction of sp³-hybridized carbons (Fsp3) is 0.250. The van der Waals surface area contributed by atoms with E-state index in [9.17, 15) is 14.7 Å². The maximum Gasteiger partial charge on any atom is 0.326 e. The zero-order valence-electron chi connectivity index (χ0n) is 11.7. The fourth-order valence-electron chi connectivity index (χ4n) is 2.02. The van der Waals surface area contributed by atoms with E-state index in [1.807, 2.05) is 47.2 Å². The van der Waals surface area contributed by atoms with Crippen molar-refractivity contribution < 1.29 is 14.7 Å². The van der Waals surface area contributed by atoms with E-state index in [2.05, 4.69) is 5.32 Å². The van der Waals surface area contributed by atoms with E-state index in [0.29, 0.717) is 0 Å². The third kappa shape index (κ3) is 4.16. The quantitative estimate of drug-likeness (QED) is 0.862. The van der Waals surface area contributed by atoms with Gasteiger partial charge in [-0.1, -0.05) is 30.3 Å². The Morgan fingerprint density at radius 3 is 2.52 bits per heavy atom. The van der Waals surface area contributed by atoms with Gasteiger partial charge in [-0.15, -0.1) is 0 Å². The van der Waals surface area contributed by atoms with E-state index >= 15 is 0 Å². The molecule has 1 aromatic carbocycles. The molecule has 0 fully saturated rings. The van der Waals surface area contributed by atoms with Gasteiger partial charge in [0.15, 0.2) is 0 Å². The Labute approximate surface area is 127 Å². The molecule has 0 bridgehead atoms. The molecule has 5 heteroatoms. The van der Waals surface area contributed by atoms with Crippen LogP contribution in [0.25, 0.3) is 0 Å². The zero-order chi connectivity index (χ0) is 15.2. The van der Waals surface area contributed by atoms with E-state index in [1.165, 1.54) is 11.3 Å². The van der Waals surface area contributed by atoms with Gasteiger partial charge in [-0.2, -0.15) is 11.3 Å². The summed E-state index contributed by atoms with van der Waals surface area (Å²) in [5.41, 5.74) is 1.79.